The molecule has 0 amide bonds. The number of aryl methyl sites for hydroxylation is 2. The van der Waals surface area contributed by atoms with Gasteiger partial charge < -0.3 is 4.90 Å². The van der Waals surface area contributed by atoms with Crippen LogP contribution >= 0.6 is 0 Å². The first kappa shape index (κ1) is 12.0. The maximum absolute atomic E-state index is 4.90. The van der Waals surface area contributed by atoms with Gasteiger partial charge in [-0.3, -0.25) is 0 Å². The first-order chi connectivity index (χ1) is 9.90. The summed E-state index contributed by atoms with van der Waals surface area (Å²) < 4.78 is 0. The van der Waals surface area contributed by atoms with Crippen LogP contribution in [0, 0.1) is 6.54 Å². The number of hydrogen-bond acceptors (Lipinski definition) is 2. The molecule has 0 bridgehead atoms. The van der Waals surface area contributed by atoms with Gasteiger partial charge in [0.25, 0.3) is 0 Å². The summed E-state index contributed by atoms with van der Waals surface area (Å²) in [6.07, 6.45) is 6.06. The third-order valence-electron chi connectivity index (χ3n) is 4.43. The van der Waals surface area contributed by atoms with E-state index in [0.29, 0.717) is 0 Å². The van der Waals surface area contributed by atoms with Crippen LogP contribution in [0.3, 0.4) is 0 Å². The fourth-order valence-corrected chi connectivity index (χ4v) is 3.27. The van der Waals surface area contributed by atoms with E-state index in [-0.39, 0.29) is 0 Å². The molecule has 0 spiro atoms. The molecule has 0 fully saturated rings. The fourth-order valence-electron chi connectivity index (χ4n) is 3.27. The molecule has 1 radical (unpaired) electrons. The molecule has 20 heavy (non-hydrogen) atoms. The van der Waals surface area contributed by atoms with Gasteiger partial charge in [-0.1, -0.05) is 30.3 Å². The molecule has 0 saturated heterocycles. The van der Waals surface area contributed by atoms with Crippen LogP contribution in [0.15, 0.2) is 36.4 Å². The molecule has 0 saturated carbocycles. The Morgan fingerprint density at radius 1 is 0.850 bits per heavy atom. The molecule has 2 heteroatoms. The summed E-state index contributed by atoms with van der Waals surface area (Å²) in [7, 11) is 0. The first-order valence-corrected chi connectivity index (χ1v) is 7.58. The molecule has 0 N–H and O–H groups in total. The molecule has 1 aliphatic carbocycles. The summed E-state index contributed by atoms with van der Waals surface area (Å²) >= 11 is 0. The number of benzene rings is 1. The van der Waals surface area contributed by atoms with E-state index in [4.69, 9.17) is 4.98 Å². The Bertz CT molecular complexity index is 633. The highest BCUT2D eigenvalue weighted by molar-refractivity contribution is 5.51. The van der Waals surface area contributed by atoms with E-state index < -0.39 is 0 Å². The quantitative estimate of drug-likeness (QED) is 0.782. The van der Waals surface area contributed by atoms with Crippen molar-refractivity contribution in [1.82, 2.24) is 4.98 Å². The van der Waals surface area contributed by atoms with Crippen molar-refractivity contribution in [3.05, 3.63) is 65.3 Å². The van der Waals surface area contributed by atoms with Gasteiger partial charge in [-0.25, -0.2) is 4.98 Å². The molecule has 0 atom stereocenters. The SMILES string of the molecule is [CH]1c2ccccc2CCN1c1ccc2c(n1)CCCC2. The van der Waals surface area contributed by atoms with E-state index in [0.717, 1.165) is 25.2 Å². The van der Waals surface area contributed by atoms with Gasteiger partial charge in [-0.2, -0.15) is 0 Å². The molecule has 0 unspecified atom stereocenters. The Labute approximate surface area is 120 Å². The van der Waals surface area contributed by atoms with Crippen LogP contribution in [0.1, 0.15) is 35.2 Å². The van der Waals surface area contributed by atoms with Gasteiger partial charge in [-0.15, -0.1) is 0 Å². The Hall–Kier alpha value is -1.83. The average Bonchev–Trinajstić information content (AvgIpc) is 2.54. The van der Waals surface area contributed by atoms with Crippen LogP contribution in [0.4, 0.5) is 5.82 Å². The zero-order valence-electron chi connectivity index (χ0n) is 11.7. The monoisotopic (exact) mass is 263 g/mol. The second-order valence-electron chi connectivity index (χ2n) is 5.75. The van der Waals surface area contributed by atoms with Gasteiger partial charge in [-0.05, 0) is 54.9 Å². The Balaban J connectivity index is 1.63. The van der Waals surface area contributed by atoms with Gasteiger partial charge in [0.2, 0.25) is 0 Å². The summed E-state index contributed by atoms with van der Waals surface area (Å²) in [5, 5.41) is 0. The van der Waals surface area contributed by atoms with E-state index in [1.165, 1.54) is 41.6 Å². The van der Waals surface area contributed by atoms with E-state index in [1.807, 2.05) is 0 Å². The number of nitrogens with zero attached hydrogens (tertiary/aromatic N) is 2. The third-order valence-corrected chi connectivity index (χ3v) is 4.43. The summed E-state index contributed by atoms with van der Waals surface area (Å²) in [5.74, 6) is 1.11. The highest BCUT2D eigenvalue weighted by Crippen LogP contribution is 2.27. The predicted octanol–water partition coefficient (Wildman–Crippen LogP) is 3.53. The molecule has 1 aromatic heterocycles. The second kappa shape index (κ2) is 4.93. The minimum atomic E-state index is 1.03. The molecule has 1 aromatic carbocycles. The lowest BCUT2D eigenvalue weighted by molar-refractivity contribution is 0.665. The summed E-state index contributed by atoms with van der Waals surface area (Å²) in [6.45, 7) is 3.28. The van der Waals surface area contributed by atoms with Crippen molar-refractivity contribution in [3.63, 3.8) is 0 Å². The molecular formula is C18H19N2. The molecule has 2 aromatic rings. The average molecular weight is 263 g/mol. The number of aromatic nitrogens is 1. The van der Waals surface area contributed by atoms with Crippen LogP contribution in [0.5, 0.6) is 0 Å². The zero-order valence-corrected chi connectivity index (χ0v) is 11.7. The minimum absolute atomic E-state index is 1.03. The highest BCUT2D eigenvalue weighted by atomic mass is 15.2. The van der Waals surface area contributed by atoms with Crippen LogP contribution in [-0.2, 0) is 19.3 Å². The lowest BCUT2D eigenvalue weighted by Crippen LogP contribution is -2.29. The van der Waals surface area contributed by atoms with E-state index in [9.17, 15) is 0 Å². The molecule has 2 heterocycles. The molecular weight excluding hydrogens is 244 g/mol. The maximum Gasteiger partial charge on any atom is 0.129 e. The number of rotatable bonds is 1. The topological polar surface area (TPSA) is 16.1 Å². The molecule has 101 valence electrons. The third kappa shape index (κ3) is 2.09. The van der Waals surface area contributed by atoms with Crippen molar-refractivity contribution in [3.8, 4) is 0 Å². The fraction of sp³-hybridized carbons (Fsp3) is 0.333. The highest BCUT2D eigenvalue weighted by Gasteiger charge is 2.19. The molecule has 1 aliphatic heterocycles. The normalized spacial score (nSPS) is 17.5. The van der Waals surface area contributed by atoms with Gasteiger partial charge in [0.1, 0.15) is 5.82 Å². The first-order valence-electron chi connectivity index (χ1n) is 7.58. The van der Waals surface area contributed by atoms with Crippen molar-refractivity contribution in [2.24, 2.45) is 0 Å². The standard InChI is InChI=1S/C18H19N2/c1-2-7-16-13-20(12-11-14(16)5-1)18-10-9-15-6-3-4-8-17(15)19-18/h1-2,5,7,9-10,13H,3-4,6,8,11-12H2. The lowest BCUT2D eigenvalue weighted by atomic mass is 9.96. The van der Waals surface area contributed by atoms with Crippen LogP contribution in [0.2, 0.25) is 0 Å². The Morgan fingerprint density at radius 3 is 2.75 bits per heavy atom. The Morgan fingerprint density at radius 2 is 1.75 bits per heavy atom. The van der Waals surface area contributed by atoms with Gasteiger partial charge in [0, 0.05) is 12.2 Å². The Kier molecular flexibility index (Phi) is 2.95. The van der Waals surface area contributed by atoms with Crippen molar-refractivity contribution < 1.29 is 0 Å². The maximum atomic E-state index is 4.90. The van der Waals surface area contributed by atoms with E-state index >= 15 is 0 Å². The minimum Gasteiger partial charge on any atom is -0.347 e. The molecule has 2 nitrogen and oxygen atoms in total. The van der Waals surface area contributed by atoms with Gasteiger partial charge in [0.05, 0.1) is 6.54 Å². The smallest absolute Gasteiger partial charge is 0.129 e. The largest absolute Gasteiger partial charge is 0.347 e. The summed E-state index contributed by atoms with van der Waals surface area (Å²) in [4.78, 5) is 7.21. The zero-order chi connectivity index (χ0) is 13.4. The van der Waals surface area contributed by atoms with Gasteiger partial charge in [0.15, 0.2) is 0 Å². The predicted molar refractivity (Wildman–Crippen MR) is 81.8 cm³/mol. The summed E-state index contributed by atoms with van der Waals surface area (Å²) in [5.41, 5.74) is 5.55. The van der Waals surface area contributed by atoms with Crippen LogP contribution < -0.4 is 4.90 Å². The van der Waals surface area contributed by atoms with Crippen molar-refractivity contribution in [2.45, 2.75) is 32.1 Å². The lowest BCUT2D eigenvalue weighted by Gasteiger charge is -2.30. The van der Waals surface area contributed by atoms with Crippen molar-refractivity contribution in [1.29, 1.82) is 0 Å². The summed E-state index contributed by atoms with van der Waals surface area (Å²) in [6, 6.07) is 13.1. The van der Waals surface area contributed by atoms with Gasteiger partial charge >= 0.3 is 0 Å². The van der Waals surface area contributed by atoms with Crippen LogP contribution in [-0.4, -0.2) is 11.5 Å². The van der Waals surface area contributed by atoms with Crippen LogP contribution in [0.25, 0.3) is 0 Å². The number of anilines is 1. The van der Waals surface area contributed by atoms with Crippen molar-refractivity contribution >= 4 is 5.82 Å². The van der Waals surface area contributed by atoms with E-state index in [2.05, 4.69) is 47.8 Å². The second-order valence-corrected chi connectivity index (χ2v) is 5.75. The molecule has 4 rings (SSSR count). The number of fused-ring (bicyclic) bond motifs is 2. The van der Waals surface area contributed by atoms with E-state index in [1.54, 1.807) is 0 Å². The number of pyridine rings is 1. The van der Waals surface area contributed by atoms with Crippen molar-refractivity contribution in [2.75, 3.05) is 11.4 Å². The molecule has 2 aliphatic rings. The number of hydrogen-bond donors (Lipinski definition) is 0.